The van der Waals surface area contributed by atoms with Gasteiger partial charge in [-0.3, -0.25) is 0 Å². The Labute approximate surface area is 183 Å². The molecule has 0 N–H and O–H groups in total. The van der Waals surface area contributed by atoms with Gasteiger partial charge in [0.1, 0.15) is 11.2 Å². The molecule has 0 amide bonds. The predicted molar refractivity (Wildman–Crippen MR) is 120 cm³/mol. The molecule has 0 saturated carbocycles. The molecular formula is C25H17ClOS2. The molecule has 0 aliphatic carbocycles. The van der Waals surface area contributed by atoms with Gasteiger partial charge in [-0.2, -0.15) is 0 Å². The minimum absolute atomic E-state index is 0. The molecule has 1 aromatic heterocycles. The average Bonchev–Trinajstić information content (AvgIpc) is 2.76. The number of fused-ring (bicyclic) bond motifs is 2. The molecule has 29 heavy (non-hydrogen) atoms. The maximum Gasteiger partial charge on any atom is 0.167 e. The van der Waals surface area contributed by atoms with E-state index in [0.29, 0.717) is 0 Å². The van der Waals surface area contributed by atoms with E-state index in [0.717, 1.165) is 26.4 Å². The van der Waals surface area contributed by atoms with Gasteiger partial charge in [0.25, 0.3) is 0 Å². The third-order valence-corrected chi connectivity index (χ3v) is 7.39. The van der Waals surface area contributed by atoms with Gasteiger partial charge in [-0.25, -0.2) is 0 Å². The summed E-state index contributed by atoms with van der Waals surface area (Å²) < 4.78 is 6.96. The first kappa shape index (κ1) is 19.7. The zero-order valence-electron chi connectivity index (χ0n) is 15.4. The third-order valence-electron chi connectivity index (χ3n) is 4.74. The Balaban J connectivity index is 0.00000205. The molecule has 0 atom stereocenters. The second kappa shape index (κ2) is 8.42. The zero-order chi connectivity index (χ0) is 18.9. The highest BCUT2D eigenvalue weighted by molar-refractivity contribution is 7.97. The van der Waals surface area contributed by atoms with Gasteiger partial charge in [-0.15, -0.1) is 0 Å². The van der Waals surface area contributed by atoms with Crippen LogP contribution in [0, 0.1) is 4.51 Å². The van der Waals surface area contributed by atoms with Gasteiger partial charge in [-0.05, 0) is 48.5 Å². The molecule has 0 aliphatic rings. The van der Waals surface area contributed by atoms with E-state index in [4.69, 9.17) is 16.6 Å². The highest BCUT2D eigenvalue weighted by Crippen LogP contribution is 2.34. The standard InChI is InChI=1S/C25H17OS2.ClH/c27-25-21-13-7-8-14-23(21)26-24-16-15-20(17-22(24)25)28(18-9-3-1-4-10-18)19-11-5-2-6-12-19;/h1-17H;1H/q+1;/p-1. The molecule has 4 heteroatoms. The topological polar surface area (TPSA) is 13.1 Å². The molecule has 1 heterocycles. The third kappa shape index (κ3) is 3.69. The minimum atomic E-state index is -0.201. The highest BCUT2D eigenvalue weighted by Gasteiger charge is 2.28. The van der Waals surface area contributed by atoms with Crippen molar-refractivity contribution in [1.82, 2.24) is 0 Å². The SMILES string of the molecule is S=c1c2ccccc2oc2ccc([S+](c3ccccc3)c3ccccc3)cc12.[Cl-]. The Morgan fingerprint density at radius 2 is 1.10 bits per heavy atom. The van der Waals surface area contributed by atoms with Crippen LogP contribution in [0.15, 0.2) is 122 Å². The zero-order valence-corrected chi connectivity index (χ0v) is 17.8. The quantitative estimate of drug-likeness (QED) is 0.238. The van der Waals surface area contributed by atoms with Gasteiger partial charge in [0.15, 0.2) is 14.7 Å². The minimum Gasteiger partial charge on any atom is -1.00 e. The van der Waals surface area contributed by atoms with E-state index in [-0.39, 0.29) is 23.3 Å². The van der Waals surface area contributed by atoms with Crippen LogP contribution in [0.3, 0.4) is 0 Å². The number of hydrogen-bond acceptors (Lipinski definition) is 2. The van der Waals surface area contributed by atoms with Crippen molar-refractivity contribution in [3.8, 4) is 0 Å². The Kier molecular flexibility index (Phi) is 5.72. The van der Waals surface area contributed by atoms with Crippen LogP contribution in [0.5, 0.6) is 0 Å². The largest absolute Gasteiger partial charge is 1.00 e. The van der Waals surface area contributed by atoms with Crippen molar-refractivity contribution in [2.45, 2.75) is 14.7 Å². The predicted octanol–water partition coefficient (Wildman–Crippen LogP) is 4.41. The fourth-order valence-electron chi connectivity index (χ4n) is 3.43. The summed E-state index contributed by atoms with van der Waals surface area (Å²) in [7, 11) is -0.201. The Hall–Kier alpha value is -2.59. The first-order valence-electron chi connectivity index (χ1n) is 9.11. The van der Waals surface area contributed by atoms with Gasteiger partial charge in [0.2, 0.25) is 0 Å². The Morgan fingerprint density at radius 3 is 1.76 bits per heavy atom. The summed E-state index contributed by atoms with van der Waals surface area (Å²) in [4.78, 5) is 3.81. The molecule has 0 bridgehead atoms. The summed E-state index contributed by atoms with van der Waals surface area (Å²) in [6.45, 7) is 0. The van der Waals surface area contributed by atoms with Crippen molar-refractivity contribution >= 4 is 45.1 Å². The first-order chi connectivity index (χ1) is 13.8. The van der Waals surface area contributed by atoms with Gasteiger partial charge in [-0.1, -0.05) is 60.7 Å². The summed E-state index contributed by atoms with van der Waals surface area (Å²) in [6.07, 6.45) is 0. The second-order valence-corrected chi connectivity index (χ2v) is 8.95. The van der Waals surface area contributed by atoms with Crippen LogP contribution in [-0.2, 0) is 10.9 Å². The molecule has 5 aromatic rings. The molecule has 4 aromatic carbocycles. The highest BCUT2D eigenvalue weighted by atomic mass is 35.5. The van der Waals surface area contributed by atoms with E-state index in [1.165, 1.54) is 14.7 Å². The maximum absolute atomic E-state index is 6.11. The number of halogens is 1. The Bertz CT molecular complexity index is 1290. The molecular weight excluding hydrogens is 416 g/mol. The van der Waals surface area contributed by atoms with E-state index in [1.807, 2.05) is 24.3 Å². The van der Waals surface area contributed by atoms with Crippen LogP contribution in [0.2, 0.25) is 0 Å². The van der Waals surface area contributed by atoms with E-state index < -0.39 is 0 Å². The molecule has 0 fully saturated rings. The average molecular weight is 433 g/mol. The maximum atomic E-state index is 6.11. The summed E-state index contributed by atoms with van der Waals surface area (Å²) in [5, 5.41) is 1.98. The van der Waals surface area contributed by atoms with Crippen molar-refractivity contribution in [1.29, 1.82) is 0 Å². The summed E-state index contributed by atoms with van der Waals surface area (Å²) in [6, 6.07) is 35.7. The molecule has 0 saturated heterocycles. The molecule has 1 nitrogen and oxygen atoms in total. The lowest BCUT2D eigenvalue weighted by atomic mass is 10.1. The van der Waals surface area contributed by atoms with Crippen LogP contribution in [0.4, 0.5) is 0 Å². The number of hydrogen-bond donors (Lipinski definition) is 0. The molecule has 0 unspecified atom stereocenters. The van der Waals surface area contributed by atoms with Gasteiger partial charge < -0.3 is 16.8 Å². The molecule has 0 spiro atoms. The lowest BCUT2D eigenvalue weighted by molar-refractivity contribution is -0.00000576. The van der Waals surface area contributed by atoms with Crippen molar-refractivity contribution in [2.75, 3.05) is 0 Å². The van der Waals surface area contributed by atoms with Crippen LogP contribution in [-0.4, -0.2) is 0 Å². The Morgan fingerprint density at radius 1 is 0.552 bits per heavy atom. The fraction of sp³-hybridized carbons (Fsp3) is 0. The van der Waals surface area contributed by atoms with Crippen molar-refractivity contribution < 1.29 is 16.8 Å². The smallest absolute Gasteiger partial charge is 0.167 e. The van der Waals surface area contributed by atoms with Gasteiger partial charge >= 0.3 is 0 Å². The van der Waals surface area contributed by atoms with Crippen molar-refractivity contribution in [3.05, 3.63) is 108 Å². The van der Waals surface area contributed by atoms with Crippen LogP contribution >= 0.6 is 12.2 Å². The summed E-state index contributed by atoms with van der Waals surface area (Å²) >= 11 is 5.82. The normalized spacial score (nSPS) is 10.9. The van der Waals surface area contributed by atoms with Crippen molar-refractivity contribution in [2.24, 2.45) is 0 Å². The number of rotatable bonds is 3. The van der Waals surface area contributed by atoms with E-state index in [1.54, 1.807) is 0 Å². The number of para-hydroxylation sites is 1. The van der Waals surface area contributed by atoms with E-state index >= 15 is 0 Å². The van der Waals surface area contributed by atoms with Crippen molar-refractivity contribution in [3.63, 3.8) is 0 Å². The van der Waals surface area contributed by atoms with Gasteiger partial charge in [0, 0.05) is 16.8 Å². The van der Waals surface area contributed by atoms with E-state index in [9.17, 15) is 0 Å². The molecule has 0 aliphatic heterocycles. The monoisotopic (exact) mass is 432 g/mol. The van der Waals surface area contributed by atoms with Gasteiger partial charge in [0.05, 0.1) is 15.4 Å². The summed E-state index contributed by atoms with van der Waals surface area (Å²) in [5.41, 5.74) is 1.66. The molecule has 5 rings (SSSR count). The van der Waals surface area contributed by atoms with Crippen LogP contribution in [0.25, 0.3) is 21.9 Å². The lowest BCUT2D eigenvalue weighted by Gasteiger charge is -2.09. The van der Waals surface area contributed by atoms with E-state index in [2.05, 4.69) is 78.9 Å². The molecule has 142 valence electrons. The molecule has 0 radical (unpaired) electrons. The summed E-state index contributed by atoms with van der Waals surface area (Å²) in [5.74, 6) is 0. The van der Waals surface area contributed by atoms with Crippen LogP contribution < -0.4 is 12.4 Å². The number of benzene rings is 4. The second-order valence-electron chi connectivity index (χ2n) is 6.52. The van der Waals surface area contributed by atoms with Crippen LogP contribution in [0.1, 0.15) is 0 Å². The first-order valence-corrected chi connectivity index (χ1v) is 10.7. The lowest BCUT2D eigenvalue weighted by Crippen LogP contribution is -3.00. The fourth-order valence-corrected chi connectivity index (χ4v) is 5.87.